The average molecular weight is 324 g/mol. The molecule has 4 heteroatoms. The van der Waals surface area contributed by atoms with Crippen LogP contribution in [0.5, 0.6) is 0 Å². The molecule has 0 unspecified atom stereocenters. The summed E-state index contributed by atoms with van der Waals surface area (Å²) in [5.41, 5.74) is 3.39. The normalized spacial score (nSPS) is 11.0. The fourth-order valence-corrected chi connectivity index (χ4v) is 2.76. The number of fused-ring (bicyclic) bond motifs is 1. The molecule has 1 aromatic heterocycles. The smallest absolute Gasteiger partial charge is 0.336 e. The van der Waals surface area contributed by atoms with E-state index >= 15 is 0 Å². The maximum absolute atomic E-state index is 12.9. The molecule has 0 saturated heterocycles. The van der Waals surface area contributed by atoms with Crippen molar-refractivity contribution in [3.8, 4) is 0 Å². The summed E-state index contributed by atoms with van der Waals surface area (Å²) in [7, 11) is 0. The second-order valence-corrected chi connectivity index (χ2v) is 5.90. The van der Waals surface area contributed by atoms with Gasteiger partial charge < -0.3 is 4.42 Å². The Labute approximate surface area is 138 Å². The van der Waals surface area contributed by atoms with Crippen LogP contribution in [-0.2, 0) is 6.42 Å². The molecule has 0 N–H and O–H groups in total. The third-order valence-electron chi connectivity index (χ3n) is 4.31. The van der Waals surface area contributed by atoms with E-state index in [9.17, 15) is 14.0 Å². The van der Waals surface area contributed by atoms with Gasteiger partial charge >= 0.3 is 5.63 Å². The lowest BCUT2D eigenvalue weighted by Crippen LogP contribution is -2.06. The lowest BCUT2D eigenvalue weighted by atomic mass is 9.98. The maximum Gasteiger partial charge on any atom is 0.336 e. The van der Waals surface area contributed by atoms with Crippen molar-refractivity contribution in [3.05, 3.63) is 81.0 Å². The van der Waals surface area contributed by atoms with Gasteiger partial charge in [-0.05, 0) is 61.2 Å². The summed E-state index contributed by atoms with van der Waals surface area (Å²) >= 11 is 0. The Morgan fingerprint density at radius 1 is 1.08 bits per heavy atom. The number of rotatable bonds is 4. The van der Waals surface area contributed by atoms with Gasteiger partial charge in [0.05, 0.1) is 0 Å². The quantitative estimate of drug-likeness (QED) is 0.529. The maximum atomic E-state index is 12.9. The first-order valence-corrected chi connectivity index (χ1v) is 7.77. The van der Waals surface area contributed by atoms with Crippen molar-refractivity contribution in [1.82, 2.24) is 0 Å². The van der Waals surface area contributed by atoms with Crippen molar-refractivity contribution in [2.75, 3.05) is 0 Å². The van der Waals surface area contributed by atoms with Crippen LogP contribution in [0.25, 0.3) is 11.0 Å². The molecular weight excluding hydrogens is 307 g/mol. The number of carbonyl (C=O) groups is 1. The zero-order chi connectivity index (χ0) is 17.3. The summed E-state index contributed by atoms with van der Waals surface area (Å²) in [6.07, 6.45) is 0.678. The zero-order valence-corrected chi connectivity index (χ0v) is 13.6. The highest BCUT2D eigenvalue weighted by Crippen LogP contribution is 2.24. The van der Waals surface area contributed by atoms with Gasteiger partial charge in [0.25, 0.3) is 0 Å². The number of aryl methyl sites for hydroxylation is 3. The Hall–Kier alpha value is -2.75. The van der Waals surface area contributed by atoms with E-state index in [0.29, 0.717) is 17.6 Å². The molecule has 1 heterocycles. The van der Waals surface area contributed by atoms with Crippen LogP contribution in [0.3, 0.4) is 0 Å². The molecule has 0 radical (unpaired) electrons. The van der Waals surface area contributed by atoms with E-state index in [-0.39, 0.29) is 18.0 Å². The minimum absolute atomic E-state index is 0.0831. The summed E-state index contributed by atoms with van der Waals surface area (Å²) in [5, 5.41) is 0.851. The van der Waals surface area contributed by atoms with Gasteiger partial charge in [0, 0.05) is 23.4 Å². The molecule has 0 amide bonds. The van der Waals surface area contributed by atoms with Crippen LogP contribution in [0.15, 0.2) is 51.7 Å². The fourth-order valence-electron chi connectivity index (χ4n) is 2.76. The molecule has 3 nitrogen and oxygen atoms in total. The molecule has 2 aromatic carbocycles. The van der Waals surface area contributed by atoms with Crippen LogP contribution < -0.4 is 5.63 Å². The largest absolute Gasteiger partial charge is 0.422 e. The molecule has 0 fully saturated rings. The van der Waals surface area contributed by atoms with Gasteiger partial charge in [-0.3, -0.25) is 4.79 Å². The summed E-state index contributed by atoms with van der Waals surface area (Å²) in [6, 6.07) is 10.8. The summed E-state index contributed by atoms with van der Waals surface area (Å²) in [6.45, 7) is 3.87. The minimum atomic E-state index is -0.416. The predicted octanol–water partition coefficient (Wildman–Crippen LogP) is 4.36. The van der Waals surface area contributed by atoms with Crippen molar-refractivity contribution < 1.29 is 13.6 Å². The van der Waals surface area contributed by atoms with Crippen LogP contribution in [-0.4, -0.2) is 5.78 Å². The van der Waals surface area contributed by atoms with E-state index in [2.05, 4.69) is 0 Å². The van der Waals surface area contributed by atoms with Crippen LogP contribution in [0.4, 0.5) is 4.39 Å². The first-order chi connectivity index (χ1) is 11.5. The van der Waals surface area contributed by atoms with Crippen LogP contribution >= 0.6 is 0 Å². The second-order valence-electron chi connectivity index (χ2n) is 5.90. The van der Waals surface area contributed by atoms with Crippen molar-refractivity contribution in [2.45, 2.75) is 26.7 Å². The molecule has 0 saturated carbocycles. The highest BCUT2D eigenvalue weighted by Gasteiger charge is 2.12. The van der Waals surface area contributed by atoms with Crippen molar-refractivity contribution in [1.29, 1.82) is 0 Å². The molecule has 3 aromatic rings. The molecule has 122 valence electrons. The number of hydrogen-bond acceptors (Lipinski definition) is 3. The van der Waals surface area contributed by atoms with E-state index in [4.69, 9.17) is 4.42 Å². The highest BCUT2D eigenvalue weighted by molar-refractivity contribution is 5.96. The molecule has 0 aliphatic rings. The third-order valence-corrected chi connectivity index (χ3v) is 4.31. The van der Waals surface area contributed by atoms with Crippen molar-refractivity contribution in [2.24, 2.45) is 0 Å². The Morgan fingerprint density at radius 3 is 2.50 bits per heavy atom. The molecule has 0 spiro atoms. The third kappa shape index (κ3) is 3.13. The summed E-state index contributed by atoms with van der Waals surface area (Å²) in [4.78, 5) is 24.1. The number of carbonyl (C=O) groups excluding carboxylic acids is 1. The summed E-state index contributed by atoms with van der Waals surface area (Å²) in [5.74, 6) is -0.454. The van der Waals surface area contributed by atoms with E-state index in [0.717, 1.165) is 22.1 Å². The molecule has 0 aliphatic heterocycles. The van der Waals surface area contributed by atoms with E-state index in [1.165, 1.54) is 30.3 Å². The summed E-state index contributed by atoms with van der Waals surface area (Å²) < 4.78 is 18.3. The monoisotopic (exact) mass is 324 g/mol. The number of halogens is 1. The van der Waals surface area contributed by atoms with Gasteiger partial charge in [-0.25, -0.2) is 9.18 Å². The first-order valence-electron chi connectivity index (χ1n) is 7.77. The van der Waals surface area contributed by atoms with Gasteiger partial charge in [-0.1, -0.05) is 12.1 Å². The molecule has 3 rings (SSSR count). The predicted molar refractivity (Wildman–Crippen MR) is 91.0 cm³/mol. The zero-order valence-electron chi connectivity index (χ0n) is 13.6. The molecule has 24 heavy (non-hydrogen) atoms. The van der Waals surface area contributed by atoms with Crippen LogP contribution in [0.1, 0.15) is 33.5 Å². The molecule has 0 aliphatic carbocycles. The Balaban J connectivity index is 1.90. The second kappa shape index (κ2) is 6.40. The average Bonchev–Trinajstić information content (AvgIpc) is 2.56. The van der Waals surface area contributed by atoms with Gasteiger partial charge in [0.1, 0.15) is 11.4 Å². The van der Waals surface area contributed by atoms with Gasteiger partial charge in [0.2, 0.25) is 0 Å². The van der Waals surface area contributed by atoms with E-state index in [1.807, 2.05) is 26.0 Å². The van der Waals surface area contributed by atoms with E-state index in [1.54, 1.807) is 0 Å². The van der Waals surface area contributed by atoms with Gasteiger partial charge in [-0.15, -0.1) is 0 Å². The Morgan fingerprint density at radius 2 is 1.79 bits per heavy atom. The Bertz CT molecular complexity index is 969. The first kappa shape index (κ1) is 16.1. The lowest BCUT2D eigenvalue weighted by molar-refractivity contribution is 0.0983. The van der Waals surface area contributed by atoms with Crippen molar-refractivity contribution >= 4 is 16.8 Å². The number of ketones is 1. The van der Waals surface area contributed by atoms with Crippen LogP contribution in [0, 0.1) is 19.7 Å². The minimum Gasteiger partial charge on any atom is -0.422 e. The van der Waals surface area contributed by atoms with Crippen LogP contribution in [0.2, 0.25) is 0 Å². The number of Topliss-reactive ketones (excluding diaryl/α,β-unsaturated/α-hetero) is 1. The lowest BCUT2D eigenvalue weighted by Gasteiger charge is -2.09. The topological polar surface area (TPSA) is 47.3 Å². The van der Waals surface area contributed by atoms with Gasteiger partial charge in [-0.2, -0.15) is 0 Å². The van der Waals surface area contributed by atoms with Gasteiger partial charge in [0.15, 0.2) is 5.78 Å². The molecule has 0 atom stereocenters. The number of hydrogen-bond donors (Lipinski definition) is 0. The fraction of sp³-hybridized carbons (Fsp3) is 0.200. The Kier molecular flexibility index (Phi) is 4.30. The standard InChI is InChI=1S/C20H17FO3/c1-12-3-9-17-15(11-19(23)24-20(17)13(12)2)6-10-18(22)14-4-7-16(21)8-5-14/h3-5,7-9,11H,6,10H2,1-2H3. The molecular formula is C20H17FO3. The van der Waals surface area contributed by atoms with Crippen molar-refractivity contribution in [3.63, 3.8) is 0 Å². The van der Waals surface area contributed by atoms with E-state index < -0.39 is 5.63 Å². The molecule has 0 bridgehead atoms. The SMILES string of the molecule is Cc1ccc2c(CCC(=O)c3ccc(F)cc3)cc(=O)oc2c1C. The number of benzene rings is 2. The highest BCUT2D eigenvalue weighted by atomic mass is 19.1.